The molecule has 0 amide bonds. The van der Waals surface area contributed by atoms with E-state index in [1.54, 1.807) is 23.1 Å². The minimum Gasteiger partial charge on any atom is -0.246 e. The number of aromatic nitrogens is 3. The molecular formula is C14H15N3S2. The first kappa shape index (κ1) is 12.7. The number of thioether (sulfide) groups is 1. The van der Waals surface area contributed by atoms with Crippen LogP contribution in [0.4, 0.5) is 0 Å². The number of hydrogen-bond donors (Lipinski definition) is 0. The van der Waals surface area contributed by atoms with E-state index in [9.17, 15) is 0 Å². The second-order valence-corrected chi connectivity index (χ2v) is 6.73. The van der Waals surface area contributed by atoms with E-state index in [-0.39, 0.29) is 0 Å². The third kappa shape index (κ3) is 2.67. The molecule has 3 heterocycles. The summed E-state index contributed by atoms with van der Waals surface area (Å²) in [6.07, 6.45) is 3.73. The second kappa shape index (κ2) is 5.35. The molecule has 0 aliphatic rings. The van der Waals surface area contributed by atoms with E-state index >= 15 is 0 Å². The molecule has 0 spiro atoms. The van der Waals surface area contributed by atoms with Gasteiger partial charge in [-0.1, -0.05) is 19.9 Å². The molecule has 5 heteroatoms. The van der Waals surface area contributed by atoms with Crippen LogP contribution in [0.2, 0.25) is 0 Å². The van der Waals surface area contributed by atoms with Crippen LogP contribution in [0.3, 0.4) is 0 Å². The van der Waals surface area contributed by atoms with Gasteiger partial charge in [-0.3, -0.25) is 0 Å². The SMILES string of the molecule is CC(C)CSc1nccn2nc(-c3cccs3)cc12. The summed E-state index contributed by atoms with van der Waals surface area (Å²) < 4.78 is 1.92. The summed E-state index contributed by atoms with van der Waals surface area (Å²) in [7, 11) is 0. The van der Waals surface area contributed by atoms with Crippen molar-refractivity contribution in [2.75, 3.05) is 5.75 Å². The zero-order valence-electron chi connectivity index (χ0n) is 10.9. The lowest BCUT2D eigenvalue weighted by Gasteiger charge is -2.04. The van der Waals surface area contributed by atoms with Crippen LogP contribution in [-0.4, -0.2) is 20.4 Å². The summed E-state index contributed by atoms with van der Waals surface area (Å²) in [4.78, 5) is 5.68. The summed E-state index contributed by atoms with van der Waals surface area (Å²) in [5, 5.41) is 7.75. The Bertz CT molecular complexity index is 671. The van der Waals surface area contributed by atoms with Gasteiger partial charge in [-0.2, -0.15) is 5.10 Å². The van der Waals surface area contributed by atoms with Crippen LogP contribution in [-0.2, 0) is 0 Å². The van der Waals surface area contributed by atoms with E-state index in [0.717, 1.165) is 22.0 Å². The third-order valence-corrected chi connectivity index (χ3v) is 5.00. The minimum absolute atomic E-state index is 0.659. The fraction of sp³-hybridized carbons (Fsp3) is 0.286. The highest BCUT2D eigenvalue weighted by Gasteiger charge is 2.10. The highest BCUT2D eigenvalue weighted by atomic mass is 32.2. The minimum atomic E-state index is 0.659. The van der Waals surface area contributed by atoms with E-state index in [0.29, 0.717) is 5.92 Å². The normalized spacial score (nSPS) is 11.5. The summed E-state index contributed by atoms with van der Waals surface area (Å²) in [5.74, 6) is 1.73. The van der Waals surface area contributed by atoms with Gasteiger partial charge in [-0.25, -0.2) is 9.50 Å². The molecule has 0 N–H and O–H groups in total. The van der Waals surface area contributed by atoms with Crippen LogP contribution in [0, 0.1) is 5.92 Å². The van der Waals surface area contributed by atoms with Gasteiger partial charge in [0.05, 0.1) is 10.4 Å². The lowest BCUT2D eigenvalue weighted by Crippen LogP contribution is -1.94. The van der Waals surface area contributed by atoms with Gasteiger partial charge in [0.15, 0.2) is 0 Å². The molecule has 0 saturated carbocycles. The van der Waals surface area contributed by atoms with Crippen molar-refractivity contribution in [2.45, 2.75) is 18.9 Å². The fourth-order valence-electron chi connectivity index (χ4n) is 1.80. The van der Waals surface area contributed by atoms with Crippen LogP contribution < -0.4 is 0 Å². The number of thiophene rings is 1. The molecule has 0 atom stereocenters. The van der Waals surface area contributed by atoms with Crippen molar-refractivity contribution >= 4 is 28.6 Å². The first-order chi connectivity index (χ1) is 9.24. The standard InChI is InChI=1S/C14H15N3S2/c1-10(2)9-19-14-12-8-11(13-4-3-7-18-13)16-17(12)6-5-15-14/h3-8,10H,9H2,1-2H3. The van der Waals surface area contributed by atoms with Crippen LogP contribution in [0.1, 0.15) is 13.8 Å². The van der Waals surface area contributed by atoms with Crippen molar-refractivity contribution in [1.29, 1.82) is 0 Å². The monoisotopic (exact) mass is 289 g/mol. The van der Waals surface area contributed by atoms with Gasteiger partial charge >= 0.3 is 0 Å². The second-order valence-electron chi connectivity index (χ2n) is 4.77. The highest BCUT2D eigenvalue weighted by molar-refractivity contribution is 7.99. The Labute approximate surface area is 120 Å². The molecule has 0 bridgehead atoms. The maximum absolute atomic E-state index is 4.62. The maximum atomic E-state index is 4.62. The number of hydrogen-bond acceptors (Lipinski definition) is 4. The summed E-state index contributed by atoms with van der Waals surface area (Å²) in [5.41, 5.74) is 2.12. The first-order valence-electron chi connectivity index (χ1n) is 6.25. The van der Waals surface area contributed by atoms with E-state index < -0.39 is 0 Å². The molecule has 98 valence electrons. The van der Waals surface area contributed by atoms with Crippen molar-refractivity contribution in [2.24, 2.45) is 5.92 Å². The van der Waals surface area contributed by atoms with Crippen molar-refractivity contribution < 1.29 is 0 Å². The van der Waals surface area contributed by atoms with E-state index in [1.807, 2.05) is 16.9 Å². The van der Waals surface area contributed by atoms with Crippen molar-refractivity contribution in [1.82, 2.24) is 14.6 Å². The topological polar surface area (TPSA) is 30.2 Å². The van der Waals surface area contributed by atoms with Crippen molar-refractivity contribution in [3.05, 3.63) is 36.0 Å². The third-order valence-electron chi connectivity index (χ3n) is 2.68. The van der Waals surface area contributed by atoms with E-state index in [1.165, 1.54) is 4.88 Å². The zero-order chi connectivity index (χ0) is 13.2. The molecule has 3 rings (SSSR count). The van der Waals surface area contributed by atoms with Gasteiger partial charge in [-0.05, 0) is 23.4 Å². The molecule has 0 unspecified atom stereocenters. The number of fused-ring (bicyclic) bond motifs is 1. The maximum Gasteiger partial charge on any atom is 0.122 e. The Morgan fingerprint density at radius 2 is 2.32 bits per heavy atom. The highest BCUT2D eigenvalue weighted by Crippen LogP contribution is 2.28. The molecule has 3 aromatic heterocycles. The largest absolute Gasteiger partial charge is 0.246 e. The molecule has 0 fully saturated rings. The summed E-state index contributed by atoms with van der Waals surface area (Å²) in [6.45, 7) is 4.45. The van der Waals surface area contributed by atoms with Crippen molar-refractivity contribution in [3.8, 4) is 10.6 Å². The number of rotatable bonds is 4. The van der Waals surface area contributed by atoms with E-state index in [2.05, 4.69) is 47.5 Å². The van der Waals surface area contributed by atoms with Gasteiger partial charge in [0.25, 0.3) is 0 Å². The predicted molar refractivity (Wildman–Crippen MR) is 81.9 cm³/mol. The van der Waals surface area contributed by atoms with Crippen molar-refractivity contribution in [3.63, 3.8) is 0 Å². The van der Waals surface area contributed by atoms with Crippen LogP contribution in [0.25, 0.3) is 16.1 Å². The van der Waals surface area contributed by atoms with E-state index in [4.69, 9.17) is 0 Å². The van der Waals surface area contributed by atoms with Crippen LogP contribution in [0.5, 0.6) is 0 Å². The molecule has 0 aliphatic heterocycles. The van der Waals surface area contributed by atoms with Crippen LogP contribution in [0.15, 0.2) is 41.0 Å². The molecule has 0 radical (unpaired) electrons. The Balaban J connectivity index is 2.00. The molecule has 0 saturated heterocycles. The average molecular weight is 289 g/mol. The quantitative estimate of drug-likeness (QED) is 0.674. The Hall–Kier alpha value is -1.33. The van der Waals surface area contributed by atoms with Gasteiger partial charge in [0, 0.05) is 18.1 Å². The summed E-state index contributed by atoms with van der Waals surface area (Å²) >= 11 is 3.51. The Morgan fingerprint density at radius 3 is 3.05 bits per heavy atom. The smallest absolute Gasteiger partial charge is 0.122 e. The molecular weight excluding hydrogens is 274 g/mol. The molecule has 0 aromatic carbocycles. The first-order valence-corrected chi connectivity index (χ1v) is 8.11. The Morgan fingerprint density at radius 1 is 1.42 bits per heavy atom. The van der Waals surface area contributed by atoms with Gasteiger partial charge in [-0.15, -0.1) is 23.1 Å². The summed E-state index contributed by atoms with van der Waals surface area (Å²) in [6, 6.07) is 6.28. The predicted octanol–water partition coefficient (Wildman–Crippen LogP) is 4.21. The molecule has 3 nitrogen and oxygen atoms in total. The van der Waals surface area contributed by atoms with Gasteiger partial charge in [0.2, 0.25) is 0 Å². The molecule has 3 aromatic rings. The molecule has 0 aliphatic carbocycles. The lowest BCUT2D eigenvalue weighted by atomic mass is 10.3. The van der Waals surface area contributed by atoms with Gasteiger partial charge in [0.1, 0.15) is 10.7 Å². The van der Waals surface area contributed by atoms with Gasteiger partial charge < -0.3 is 0 Å². The zero-order valence-corrected chi connectivity index (χ0v) is 12.5. The lowest BCUT2D eigenvalue weighted by molar-refractivity contribution is 0.749. The van der Waals surface area contributed by atoms with Crippen LogP contribution >= 0.6 is 23.1 Å². The average Bonchev–Trinajstić information content (AvgIpc) is 3.04. The molecule has 19 heavy (non-hydrogen) atoms. The fourth-order valence-corrected chi connectivity index (χ4v) is 3.41. The Kier molecular flexibility index (Phi) is 3.57. The number of nitrogens with zero attached hydrogens (tertiary/aromatic N) is 3.